The lowest BCUT2D eigenvalue weighted by atomic mass is 10.0. The first kappa shape index (κ1) is 8.20. The van der Waals surface area contributed by atoms with Crippen molar-refractivity contribution in [2.75, 3.05) is 6.61 Å². The summed E-state index contributed by atoms with van der Waals surface area (Å²) in [4.78, 5) is 11.3. The minimum absolute atomic E-state index is 0.190. The predicted molar refractivity (Wildman–Crippen MR) is 50.2 cm³/mol. The van der Waals surface area contributed by atoms with E-state index in [2.05, 4.69) is 0 Å². The molecule has 0 heterocycles. The Bertz CT molecular complexity index is 377. The van der Waals surface area contributed by atoms with Crippen LogP contribution in [0.25, 0.3) is 5.57 Å². The third-order valence-electron chi connectivity index (χ3n) is 2.28. The Hall–Kier alpha value is -1.41. The van der Waals surface area contributed by atoms with Crippen LogP contribution >= 0.6 is 0 Å². The number of benzene rings is 1. The highest BCUT2D eigenvalue weighted by molar-refractivity contribution is 6.22. The quantitative estimate of drug-likeness (QED) is 0.731. The van der Waals surface area contributed by atoms with Gasteiger partial charge in [0, 0.05) is 5.57 Å². The highest BCUT2D eigenvalue weighted by Gasteiger charge is 2.18. The van der Waals surface area contributed by atoms with Gasteiger partial charge in [-0.15, -0.1) is 0 Å². The smallest absolute Gasteiger partial charge is 0.188 e. The second-order valence-corrected chi connectivity index (χ2v) is 3.06. The van der Waals surface area contributed by atoms with Gasteiger partial charge < -0.3 is 5.11 Å². The van der Waals surface area contributed by atoms with E-state index >= 15 is 0 Å². The molecule has 0 saturated heterocycles. The third-order valence-corrected chi connectivity index (χ3v) is 2.28. The number of hydrogen-bond acceptors (Lipinski definition) is 2. The van der Waals surface area contributed by atoms with Crippen molar-refractivity contribution in [1.29, 1.82) is 0 Å². The average molecular weight is 174 g/mol. The summed E-state index contributed by atoms with van der Waals surface area (Å²) in [5.74, 6) is -0.190. The molecule has 66 valence electrons. The molecule has 1 aromatic carbocycles. The van der Waals surface area contributed by atoms with Crippen LogP contribution in [0.1, 0.15) is 11.1 Å². The number of fused-ring (bicyclic) bond motifs is 1. The van der Waals surface area contributed by atoms with E-state index in [-0.39, 0.29) is 5.78 Å². The zero-order valence-corrected chi connectivity index (χ0v) is 7.16. The second kappa shape index (κ2) is 3.15. The predicted octanol–water partition coefficient (Wildman–Crippen LogP) is 1.19. The molecule has 1 aliphatic carbocycles. The fraction of sp³-hybridized carbons (Fsp3) is 0.182. The summed E-state index contributed by atoms with van der Waals surface area (Å²) < 4.78 is 0. The van der Waals surface area contributed by atoms with Gasteiger partial charge in [0.15, 0.2) is 5.78 Å². The maximum atomic E-state index is 11.3. The molecule has 1 aromatic rings. The Labute approximate surface area is 76.5 Å². The molecule has 1 aliphatic rings. The zero-order chi connectivity index (χ0) is 9.26. The van der Waals surface area contributed by atoms with E-state index in [1.165, 1.54) is 5.56 Å². The van der Waals surface area contributed by atoms with E-state index in [4.69, 9.17) is 5.11 Å². The van der Waals surface area contributed by atoms with Crippen molar-refractivity contribution < 1.29 is 9.90 Å². The number of aliphatic hydroxyl groups is 1. The molecule has 2 nitrogen and oxygen atoms in total. The highest BCUT2D eigenvalue weighted by Crippen LogP contribution is 2.27. The van der Waals surface area contributed by atoms with Crippen molar-refractivity contribution in [2.45, 2.75) is 6.42 Å². The van der Waals surface area contributed by atoms with Crippen molar-refractivity contribution in [3.63, 3.8) is 0 Å². The van der Waals surface area contributed by atoms with E-state index in [9.17, 15) is 4.79 Å². The van der Waals surface area contributed by atoms with Gasteiger partial charge in [-0.05, 0) is 17.5 Å². The van der Waals surface area contributed by atoms with Gasteiger partial charge in [-0.2, -0.15) is 0 Å². The van der Waals surface area contributed by atoms with Crippen LogP contribution < -0.4 is 0 Å². The van der Waals surface area contributed by atoms with Gasteiger partial charge in [0.2, 0.25) is 0 Å². The van der Waals surface area contributed by atoms with Crippen LogP contribution in [-0.4, -0.2) is 17.5 Å². The first-order chi connectivity index (χ1) is 6.33. The molecule has 13 heavy (non-hydrogen) atoms. The summed E-state index contributed by atoms with van der Waals surface area (Å²) in [5.41, 5.74) is 2.80. The summed E-state index contributed by atoms with van der Waals surface area (Å²) in [6.45, 7) is -0.403. The number of allylic oxidation sites excluding steroid dienone is 1. The van der Waals surface area contributed by atoms with Crippen LogP contribution in [0.3, 0.4) is 0 Å². The van der Waals surface area contributed by atoms with E-state index in [0.717, 1.165) is 12.0 Å². The van der Waals surface area contributed by atoms with Crippen molar-refractivity contribution in [2.24, 2.45) is 0 Å². The Morgan fingerprint density at radius 2 is 2.15 bits per heavy atom. The third kappa shape index (κ3) is 1.29. The number of carbonyl (C=O) groups excluding carboxylic acids is 1. The highest BCUT2D eigenvalue weighted by atomic mass is 16.3. The Kier molecular flexibility index (Phi) is 1.99. The topological polar surface area (TPSA) is 37.3 Å². The maximum Gasteiger partial charge on any atom is 0.188 e. The molecule has 0 unspecified atom stereocenters. The van der Waals surface area contributed by atoms with Crippen molar-refractivity contribution in [3.8, 4) is 0 Å². The van der Waals surface area contributed by atoms with Crippen molar-refractivity contribution in [3.05, 3.63) is 41.5 Å². The first-order valence-electron chi connectivity index (χ1n) is 4.25. The largest absolute Gasteiger partial charge is 0.388 e. The molecule has 0 saturated carbocycles. The van der Waals surface area contributed by atoms with E-state index in [1.807, 2.05) is 30.3 Å². The van der Waals surface area contributed by atoms with Gasteiger partial charge in [0.05, 0.1) is 0 Å². The lowest BCUT2D eigenvalue weighted by Gasteiger charge is -2.01. The summed E-state index contributed by atoms with van der Waals surface area (Å²) in [7, 11) is 0. The lowest BCUT2D eigenvalue weighted by Crippen LogP contribution is -2.05. The molecule has 0 radical (unpaired) electrons. The molecular weight excluding hydrogens is 164 g/mol. The minimum atomic E-state index is -0.403. The van der Waals surface area contributed by atoms with Crippen molar-refractivity contribution >= 4 is 11.4 Å². The van der Waals surface area contributed by atoms with Gasteiger partial charge in [0.1, 0.15) is 6.61 Å². The molecule has 2 rings (SSSR count). The molecule has 0 spiro atoms. The van der Waals surface area contributed by atoms with Crippen LogP contribution in [0.15, 0.2) is 30.3 Å². The lowest BCUT2D eigenvalue weighted by molar-refractivity contribution is -0.116. The fourth-order valence-corrected chi connectivity index (χ4v) is 1.63. The normalized spacial score (nSPS) is 13.8. The first-order valence-corrected chi connectivity index (χ1v) is 4.25. The average Bonchev–Trinajstić information content (AvgIpc) is 2.60. The zero-order valence-electron chi connectivity index (χ0n) is 7.16. The van der Waals surface area contributed by atoms with Crippen LogP contribution in [0.4, 0.5) is 0 Å². The van der Waals surface area contributed by atoms with Gasteiger partial charge in [-0.1, -0.05) is 30.3 Å². The summed E-state index contributed by atoms with van der Waals surface area (Å²) in [6, 6.07) is 7.78. The van der Waals surface area contributed by atoms with Crippen LogP contribution in [0.2, 0.25) is 0 Å². The van der Waals surface area contributed by atoms with Gasteiger partial charge in [-0.3, -0.25) is 4.79 Å². The number of carbonyl (C=O) groups is 1. The Morgan fingerprint density at radius 1 is 1.38 bits per heavy atom. The Balaban J connectivity index is 2.41. The maximum absolute atomic E-state index is 11.3. The molecule has 0 atom stereocenters. The molecule has 0 fully saturated rings. The number of hydrogen-bond donors (Lipinski definition) is 1. The van der Waals surface area contributed by atoms with Crippen LogP contribution in [0.5, 0.6) is 0 Å². The fourth-order valence-electron chi connectivity index (χ4n) is 1.63. The molecular formula is C11H10O2. The van der Waals surface area contributed by atoms with E-state index in [0.29, 0.717) is 5.57 Å². The van der Waals surface area contributed by atoms with Gasteiger partial charge in [-0.25, -0.2) is 0 Å². The monoisotopic (exact) mass is 174 g/mol. The second-order valence-electron chi connectivity index (χ2n) is 3.06. The summed E-state index contributed by atoms with van der Waals surface area (Å²) in [6.07, 6.45) is 2.68. The molecule has 2 heteroatoms. The molecule has 1 N–H and O–H groups in total. The van der Waals surface area contributed by atoms with Crippen LogP contribution in [-0.2, 0) is 11.2 Å². The van der Waals surface area contributed by atoms with Gasteiger partial charge in [0.25, 0.3) is 0 Å². The summed E-state index contributed by atoms with van der Waals surface area (Å²) >= 11 is 0. The molecule has 0 aromatic heterocycles. The number of Topliss-reactive ketones (excluding diaryl/α,β-unsaturated/α-hetero) is 1. The van der Waals surface area contributed by atoms with Crippen molar-refractivity contribution in [1.82, 2.24) is 0 Å². The minimum Gasteiger partial charge on any atom is -0.388 e. The standard InChI is InChI=1S/C11H10O2/c12-7-11(13)10-6-5-8-3-1-2-4-9(8)10/h1-4,6,12H,5,7H2. The molecule has 0 bridgehead atoms. The van der Waals surface area contributed by atoms with E-state index < -0.39 is 6.61 Å². The summed E-state index contributed by atoms with van der Waals surface area (Å²) in [5, 5.41) is 8.73. The van der Waals surface area contributed by atoms with Crippen LogP contribution in [0, 0.1) is 0 Å². The number of rotatable bonds is 2. The SMILES string of the molecule is O=C(CO)C1=CCc2ccccc21. The van der Waals surface area contributed by atoms with E-state index in [1.54, 1.807) is 0 Å². The molecule has 0 amide bonds. The van der Waals surface area contributed by atoms with Gasteiger partial charge >= 0.3 is 0 Å². The molecule has 0 aliphatic heterocycles. The number of aliphatic hydroxyl groups excluding tert-OH is 1. The Morgan fingerprint density at radius 3 is 2.92 bits per heavy atom. The number of ketones is 1.